The van der Waals surface area contributed by atoms with Crippen LogP contribution in [0.3, 0.4) is 0 Å². The Bertz CT molecular complexity index is 762. The van der Waals surface area contributed by atoms with Crippen molar-refractivity contribution in [3.63, 3.8) is 0 Å². The van der Waals surface area contributed by atoms with Crippen molar-refractivity contribution < 1.29 is 15.0 Å². The standard InChI is InChI=1S/C21H24N2O3/c24-19-3-1-16(2-4-19)20(25)14-23-12-17-10-21(26,11-18(17)13-23)9-15-5-7-22-8-6-15/h1-8,17-18,24,26H,9-14H2/t17-,18+,21+. The molecule has 0 bridgehead atoms. The molecule has 1 saturated carbocycles. The van der Waals surface area contributed by atoms with Gasteiger partial charge in [0.05, 0.1) is 12.1 Å². The van der Waals surface area contributed by atoms with E-state index in [4.69, 9.17) is 0 Å². The maximum atomic E-state index is 12.4. The smallest absolute Gasteiger partial charge is 0.176 e. The van der Waals surface area contributed by atoms with E-state index >= 15 is 0 Å². The molecule has 136 valence electrons. The van der Waals surface area contributed by atoms with E-state index in [0.717, 1.165) is 31.5 Å². The largest absolute Gasteiger partial charge is 0.508 e. The summed E-state index contributed by atoms with van der Waals surface area (Å²) < 4.78 is 0. The number of benzene rings is 1. The molecular weight excluding hydrogens is 328 g/mol. The molecule has 0 unspecified atom stereocenters. The highest BCUT2D eigenvalue weighted by Gasteiger charge is 2.48. The summed E-state index contributed by atoms with van der Waals surface area (Å²) in [5.41, 5.74) is 1.12. The van der Waals surface area contributed by atoms with Crippen LogP contribution in [0, 0.1) is 11.8 Å². The number of phenols is 1. The molecule has 1 aromatic heterocycles. The summed E-state index contributed by atoms with van der Waals surface area (Å²) in [6, 6.07) is 10.4. The average Bonchev–Trinajstić information content (AvgIpc) is 3.10. The second-order valence-corrected chi connectivity index (χ2v) is 7.85. The highest BCUT2D eigenvalue weighted by Crippen LogP contribution is 2.45. The van der Waals surface area contributed by atoms with Crippen LogP contribution in [-0.4, -0.2) is 51.1 Å². The maximum Gasteiger partial charge on any atom is 0.176 e. The van der Waals surface area contributed by atoms with Gasteiger partial charge >= 0.3 is 0 Å². The molecular formula is C21H24N2O3. The Balaban J connectivity index is 1.33. The fraction of sp³-hybridized carbons (Fsp3) is 0.429. The number of ketones is 1. The number of aromatic nitrogens is 1. The van der Waals surface area contributed by atoms with E-state index in [2.05, 4.69) is 9.88 Å². The number of rotatable bonds is 5. The summed E-state index contributed by atoms with van der Waals surface area (Å²) in [5.74, 6) is 1.16. The van der Waals surface area contributed by atoms with Gasteiger partial charge in [-0.1, -0.05) is 0 Å². The fourth-order valence-electron chi connectivity index (χ4n) is 4.65. The molecule has 2 aromatic rings. The van der Waals surface area contributed by atoms with Crippen LogP contribution in [0.5, 0.6) is 5.75 Å². The van der Waals surface area contributed by atoms with Crippen molar-refractivity contribution in [2.24, 2.45) is 11.8 Å². The van der Waals surface area contributed by atoms with Crippen LogP contribution in [0.25, 0.3) is 0 Å². The first-order valence-corrected chi connectivity index (χ1v) is 9.17. The monoisotopic (exact) mass is 352 g/mol. The van der Waals surface area contributed by atoms with Crippen molar-refractivity contribution >= 4 is 5.78 Å². The second-order valence-electron chi connectivity index (χ2n) is 7.85. The lowest BCUT2D eigenvalue weighted by Crippen LogP contribution is -2.34. The molecule has 4 rings (SSSR count). The van der Waals surface area contributed by atoms with Gasteiger partial charge < -0.3 is 10.2 Å². The molecule has 2 heterocycles. The minimum absolute atomic E-state index is 0.0806. The van der Waals surface area contributed by atoms with E-state index in [1.807, 2.05) is 12.1 Å². The van der Waals surface area contributed by atoms with E-state index < -0.39 is 5.60 Å². The van der Waals surface area contributed by atoms with Crippen LogP contribution in [-0.2, 0) is 6.42 Å². The molecule has 1 aromatic carbocycles. The summed E-state index contributed by atoms with van der Waals surface area (Å²) in [4.78, 5) is 18.7. The number of carbonyl (C=O) groups excluding carboxylic acids is 1. The van der Waals surface area contributed by atoms with E-state index in [9.17, 15) is 15.0 Å². The summed E-state index contributed by atoms with van der Waals surface area (Å²) >= 11 is 0. The number of hydrogen-bond acceptors (Lipinski definition) is 5. The third-order valence-electron chi connectivity index (χ3n) is 5.78. The first kappa shape index (κ1) is 17.2. The second kappa shape index (κ2) is 6.82. The molecule has 0 amide bonds. The van der Waals surface area contributed by atoms with Crippen LogP contribution in [0.15, 0.2) is 48.8 Å². The van der Waals surface area contributed by atoms with Crippen molar-refractivity contribution in [1.82, 2.24) is 9.88 Å². The van der Waals surface area contributed by atoms with Gasteiger partial charge in [0.2, 0.25) is 0 Å². The molecule has 1 aliphatic heterocycles. The lowest BCUT2D eigenvalue weighted by atomic mass is 9.92. The summed E-state index contributed by atoms with van der Waals surface area (Å²) in [6.07, 6.45) is 5.80. The summed E-state index contributed by atoms with van der Waals surface area (Å²) in [7, 11) is 0. The minimum Gasteiger partial charge on any atom is -0.508 e. The molecule has 0 spiro atoms. The van der Waals surface area contributed by atoms with Gasteiger partial charge in [-0.25, -0.2) is 0 Å². The van der Waals surface area contributed by atoms with E-state index in [-0.39, 0.29) is 11.5 Å². The van der Waals surface area contributed by atoms with Gasteiger partial charge in [0.15, 0.2) is 5.78 Å². The molecule has 0 radical (unpaired) electrons. The van der Waals surface area contributed by atoms with Crippen LogP contribution >= 0.6 is 0 Å². The van der Waals surface area contributed by atoms with E-state index in [1.54, 1.807) is 36.7 Å². The number of phenolic OH excluding ortho intramolecular Hbond substituents is 1. The predicted molar refractivity (Wildman–Crippen MR) is 98.0 cm³/mol. The lowest BCUT2D eigenvalue weighted by Gasteiger charge is -2.26. The van der Waals surface area contributed by atoms with E-state index in [0.29, 0.717) is 30.4 Å². The van der Waals surface area contributed by atoms with Gasteiger partial charge in [0, 0.05) is 37.5 Å². The number of fused-ring (bicyclic) bond motifs is 1. The number of aliphatic hydroxyl groups is 1. The van der Waals surface area contributed by atoms with Gasteiger partial charge in [-0.3, -0.25) is 14.7 Å². The summed E-state index contributed by atoms with van der Waals surface area (Å²) in [5, 5.41) is 20.3. The van der Waals surface area contributed by atoms with Crippen molar-refractivity contribution in [2.45, 2.75) is 24.9 Å². The van der Waals surface area contributed by atoms with Crippen molar-refractivity contribution in [1.29, 1.82) is 0 Å². The Morgan fingerprint density at radius 1 is 1.08 bits per heavy atom. The third-order valence-corrected chi connectivity index (χ3v) is 5.78. The number of nitrogens with zero attached hydrogens (tertiary/aromatic N) is 2. The van der Waals surface area contributed by atoms with Gasteiger partial charge in [-0.05, 0) is 66.6 Å². The van der Waals surface area contributed by atoms with Crippen molar-refractivity contribution in [3.8, 4) is 5.75 Å². The highest BCUT2D eigenvalue weighted by atomic mass is 16.3. The van der Waals surface area contributed by atoms with Gasteiger partial charge in [-0.2, -0.15) is 0 Å². The first-order valence-electron chi connectivity index (χ1n) is 9.17. The van der Waals surface area contributed by atoms with E-state index in [1.165, 1.54) is 0 Å². The molecule has 5 nitrogen and oxygen atoms in total. The van der Waals surface area contributed by atoms with Gasteiger partial charge in [0.25, 0.3) is 0 Å². The predicted octanol–water partition coefficient (Wildman–Crippen LogP) is 2.29. The zero-order valence-corrected chi connectivity index (χ0v) is 14.7. The zero-order chi connectivity index (χ0) is 18.1. The Labute approximate surface area is 153 Å². The molecule has 5 heteroatoms. The van der Waals surface area contributed by atoms with Crippen LogP contribution in [0.2, 0.25) is 0 Å². The Kier molecular flexibility index (Phi) is 4.51. The normalized spacial score (nSPS) is 28.2. The number of Topliss-reactive ketones (excluding diaryl/α,β-unsaturated/α-hetero) is 1. The van der Waals surface area contributed by atoms with Crippen LogP contribution in [0.1, 0.15) is 28.8 Å². The van der Waals surface area contributed by atoms with Crippen molar-refractivity contribution in [3.05, 3.63) is 59.9 Å². The number of pyridine rings is 1. The van der Waals surface area contributed by atoms with Gasteiger partial charge in [-0.15, -0.1) is 0 Å². The number of aromatic hydroxyl groups is 1. The Hall–Kier alpha value is -2.24. The molecule has 2 N–H and O–H groups in total. The number of hydrogen-bond donors (Lipinski definition) is 2. The first-order chi connectivity index (χ1) is 12.5. The van der Waals surface area contributed by atoms with Crippen molar-refractivity contribution in [2.75, 3.05) is 19.6 Å². The quantitative estimate of drug-likeness (QED) is 0.808. The zero-order valence-electron chi connectivity index (χ0n) is 14.7. The van der Waals surface area contributed by atoms with Crippen LogP contribution in [0.4, 0.5) is 0 Å². The maximum absolute atomic E-state index is 12.4. The molecule has 1 saturated heterocycles. The minimum atomic E-state index is -0.635. The molecule has 2 fully saturated rings. The summed E-state index contributed by atoms with van der Waals surface area (Å²) in [6.45, 7) is 2.14. The Morgan fingerprint density at radius 3 is 2.31 bits per heavy atom. The third kappa shape index (κ3) is 3.64. The SMILES string of the molecule is O=C(CN1C[C@@H]2C[C@](O)(Cc3ccncc3)C[C@@H]2C1)c1ccc(O)cc1. The highest BCUT2D eigenvalue weighted by molar-refractivity contribution is 5.97. The molecule has 1 aliphatic carbocycles. The molecule has 3 atom stereocenters. The van der Waals surface area contributed by atoms with Crippen LogP contribution < -0.4 is 0 Å². The number of carbonyl (C=O) groups is 1. The topological polar surface area (TPSA) is 73.7 Å². The Morgan fingerprint density at radius 2 is 1.69 bits per heavy atom. The fourth-order valence-corrected chi connectivity index (χ4v) is 4.65. The average molecular weight is 352 g/mol. The molecule has 26 heavy (non-hydrogen) atoms. The lowest BCUT2D eigenvalue weighted by molar-refractivity contribution is 0.0355. The number of likely N-dealkylation sites (tertiary alicyclic amines) is 1. The van der Waals surface area contributed by atoms with Gasteiger partial charge in [0.1, 0.15) is 5.75 Å². The molecule has 2 aliphatic rings.